The molecule has 11 nitrogen and oxygen atoms in total. The number of aryl methyl sites for hydroxylation is 1. The molecule has 4 aromatic rings. The van der Waals surface area contributed by atoms with E-state index in [1.165, 1.54) is 11.3 Å². The maximum Gasteiger partial charge on any atom is 0.251 e. The summed E-state index contributed by atoms with van der Waals surface area (Å²) in [4.78, 5) is 29.7. The van der Waals surface area contributed by atoms with E-state index in [-0.39, 0.29) is 24.8 Å². The van der Waals surface area contributed by atoms with Crippen LogP contribution in [0.4, 0.5) is 5.13 Å². The summed E-state index contributed by atoms with van der Waals surface area (Å²) in [6.45, 7) is 2.03. The van der Waals surface area contributed by atoms with Crippen LogP contribution in [0, 0.1) is 11.7 Å². The van der Waals surface area contributed by atoms with Crippen LogP contribution in [0.15, 0.2) is 18.2 Å². The van der Waals surface area contributed by atoms with E-state index < -0.39 is 0 Å². The molecule has 30 heavy (non-hydrogen) atoms. The van der Waals surface area contributed by atoms with Crippen LogP contribution in [-0.2, 0) is 11.8 Å². The number of aromatic amines is 2. The van der Waals surface area contributed by atoms with Crippen LogP contribution in [0.25, 0.3) is 21.7 Å². The monoisotopic (exact) mass is 443 g/mol. The van der Waals surface area contributed by atoms with Crippen molar-refractivity contribution in [3.05, 3.63) is 34.2 Å². The third kappa shape index (κ3) is 3.97. The minimum Gasteiger partial charge on any atom is -0.352 e. The largest absolute Gasteiger partial charge is 0.352 e. The summed E-state index contributed by atoms with van der Waals surface area (Å²) in [7, 11) is 1.81. The van der Waals surface area contributed by atoms with E-state index in [0.29, 0.717) is 32.3 Å². The zero-order valence-corrected chi connectivity index (χ0v) is 17.6. The Labute approximate surface area is 178 Å². The van der Waals surface area contributed by atoms with Gasteiger partial charge in [0, 0.05) is 25.6 Å². The molecule has 0 saturated carbocycles. The number of anilines is 1. The summed E-state index contributed by atoms with van der Waals surface area (Å²) in [5, 5.41) is 23.3. The molecule has 154 valence electrons. The topological polar surface area (TPSA) is 146 Å². The summed E-state index contributed by atoms with van der Waals surface area (Å²) in [6, 6.07) is 5.00. The third-order valence-electron chi connectivity index (χ3n) is 4.34. The van der Waals surface area contributed by atoms with Crippen LogP contribution < -0.4 is 10.6 Å². The Morgan fingerprint density at radius 2 is 2.03 bits per heavy atom. The molecule has 0 spiro atoms. The van der Waals surface area contributed by atoms with Gasteiger partial charge in [-0.15, -0.1) is 0 Å². The first-order chi connectivity index (χ1) is 14.4. The minimum absolute atomic E-state index is 0.110. The highest BCUT2D eigenvalue weighted by Gasteiger charge is 2.16. The average molecular weight is 444 g/mol. The summed E-state index contributed by atoms with van der Waals surface area (Å²) >= 11 is 6.44. The number of fused-ring (bicyclic) bond motifs is 1. The van der Waals surface area contributed by atoms with E-state index >= 15 is 0 Å². The van der Waals surface area contributed by atoms with E-state index in [1.807, 2.05) is 14.0 Å². The summed E-state index contributed by atoms with van der Waals surface area (Å²) in [6.07, 6.45) is 0.110. The lowest BCUT2D eigenvalue weighted by molar-refractivity contribution is -0.116. The van der Waals surface area contributed by atoms with Crippen molar-refractivity contribution in [2.24, 2.45) is 7.05 Å². The van der Waals surface area contributed by atoms with Gasteiger partial charge in [0.2, 0.25) is 5.91 Å². The first-order valence-electron chi connectivity index (χ1n) is 8.90. The molecule has 4 rings (SSSR count). The van der Waals surface area contributed by atoms with Gasteiger partial charge >= 0.3 is 0 Å². The number of hydrogen-bond donors (Lipinski definition) is 4. The first-order valence-corrected chi connectivity index (χ1v) is 10.1. The summed E-state index contributed by atoms with van der Waals surface area (Å²) < 4.78 is 2.25. The van der Waals surface area contributed by atoms with Crippen molar-refractivity contribution in [1.82, 2.24) is 40.5 Å². The van der Waals surface area contributed by atoms with Gasteiger partial charge in [0.05, 0.1) is 10.6 Å². The van der Waals surface area contributed by atoms with Gasteiger partial charge in [0.25, 0.3) is 5.91 Å². The SMILES string of the molecule is Cc1nc(NC(=O)CCNC(=O)c2ccc3n[nH]nc3c2)sc1-c1n[nH]c(=S)n1C. The molecular weight excluding hydrogens is 426 g/mol. The van der Waals surface area contributed by atoms with Crippen molar-refractivity contribution < 1.29 is 9.59 Å². The number of benzene rings is 1. The third-order valence-corrected chi connectivity index (χ3v) is 5.78. The number of carbonyl (C=O) groups excluding carboxylic acids is 2. The molecule has 0 saturated heterocycles. The van der Waals surface area contributed by atoms with Gasteiger partial charge in [-0.1, -0.05) is 11.3 Å². The number of aromatic nitrogens is 7. The zero-order valence-electron chi connectivity index (χ0n) is 16.0. The molecule has 0 aliphatic carbocycles. The van der Waals surface area contributed by atoms with Gasteiger partial charge in [-0.3, -0.25) is 14.7 Å². The van der Waals surface area contributed by atoms with E-state index in [4.69, 9.17) is 12.2 Å². The average Bonchev–Trinajstić information content (AvgIpc) is 3.41. The molecule has 0 aliphatic heterocycles. The van der Waals surface area contributed by atoms with Crippen LogP contribution in [0.3, 0.4) is 0 Å². The number of H-pyrrole nitrogens is 2. The predicted molar refractivity (Wildman–Crippen MR) is 114 cm³/mol. The van der Waals surface area contributed by atoms with Crippen LogP contribution in [0.5, 0.6) is 0 Å². The highest BCUT2D eigenvalue weighted by molar-refractivity contribution is 7.71. The lowest BCUT2D eigenvalue weighted by Crippen LogP contribution is -2.27. The highest BCUT2D eigenvalue weighted by atomic mass is 32.1. The van der Waals surface area contributed by atoms with Gasteiger partial charge in [0.15, 0.2) is 15.7 Å². The Balaban J connectivity index is 1.33. The number of nitrogens with zero attached hydrogens (tertiary/aromatic N) is 5. The van der Waals surface area contributed by atoms with Crippen LogP contribution in [0.2, 0.25) is 0 Å². The molecule has 1 aromatic carbocycles. The Morgan fingerprint density at radius 3 is 2.80 bits per heavy atom. The molecule has 0 aliphatic rings. The van der Waals surface area contributed by atoms with Gasteiger partial charge in [-0.05, 0) is 37.3 Å². The maximum absolute atomic E-state index is 12.3. The van der Waals surface area contributed by atoms with Crippen molar-refractivity contribution in [2.45, 2.75) is 13.3 Å². The molecule has 3 aromatic heterocycles. The summed E-state index contributed by atoms with van der Waals surface area (Å²) in [5.74, 6) is 0.121. The van der Waals surface area contributed by atoms with Crippen LogP contribution in [0.1, 0.15) is 22.5 Å². The predicted octanol–water partition coefficient (Wildman–Crippen LogP) is 1.94. The normalized spacial score (nSPS) is 11.0. The molecule has 0 atom stereocenters. The number of carbonyl (C=O) groups is 2. The molecule has 4 N–H and O–H groups in total. The Hall–Kier alpha value is -3.45. The van der Waals surface area contributed by atoms with Crippen molar-refractivity contribution in [1.29, 1.82) is 0 Å². The number of thiazole rings is 1. The first kappa shape index (κ1) is 19.8. The number of hydrogen-bond acceptors (Lipinski definition) is 8. The summed E-state index contributed by atoms with van der Waals surface area (Å²) in [5.41, 5.74) is 2.47. The Bertz CT molecular complexity index is 1300. The fourth-order valence-electron chi connectivity index (χ4n) is 2.76. The highest BCUT2D eigenvalue weighted by Crippen LogP contribution is 2.31. The second-order valence-electron chi connectivity index (χ2n) is 6.43. The zero-order chi connectivity index (χ0) is 21.3. The molecule has 0 unspecified atom stereocenters. The minimum atomic E-state index is -0.286. The molecule has 2 amide bonds. The lowest BCUT2D eigenvalue weighted by Gasteiger charge is -2.05. The van der Waals surface area contributed by atoms with Crippen molar-refractivity contribution in [2.75, 3.05) is 11.9 Å². The molecule has 3 heterocycles. The molecule has 0 bridgehead atoms. The fourth-order valence-corrected chi connectivity index (χ4v) is 3.90. The van der Waals surface area contributed by atoms with Gasteiger partial charge in [0.1, 0.15) is 11.0 Å². The second-order valence-corrected chi connectivity index (χ2v) is 7.81. The quantitative estimate of drug-likeness (QED) is 0.333. The van der Waals surface area contributed by atoms with Crippen molar-refractivity contribution in [3.63, 3.8) is 0 Å². The van der Waals surface area contributed by atoms with Gasteiger partial charge in [-0.25, -0.2) is 4.98 Å². The van der Waals surface area contributed by atoms with E-state index in [9.17, 15) is 9.59 Å². The Morgan fingerprint density at radius 1 is 1.23 bits per heavy atom. The number of nitrogens with one attached hydrogen (secondary N) is 4. The Kier molecular flexibility index (Phi) is 5.37. The van der Waals surface area contributed by atoms with Crippen molar-refractivity contribution >= 4 is 51.5 Å². The van der Waals surface area contributed by atoms with Crippen LogP contribution >= 0.6 is 23.6 Å². The standard InChI is InChI=1S/C17H17N9O2S2/c1-8-13(14-23-24-17(29)26(14)2)30-16(19-8)20-12(27)5-6-18-15(28)9-3-4-10-11(7-9)22-25-21-10/h3-4,7H,5-6H2,1-2H3,(H,18,28)(H,24,29)(H,19,20,27)(H,21,22,25). The fraction of sp³-hybridized carbons (Fsp3) is 0.235. The van der Waals surface area contributed by atoms with Crippen molar-refractivity contribution in [3.8, 4) is 10.7 Å². The van der Waals surface area contributed by atoms with E-state index in [1.54, 1.807) is 22.8 Å². The van der Waals surface area contributed by atoms with Gasteiger partial charge in [-0.2, -0.15) is 20.5 Å². The lowest BCUT2D eigenvalue weighted by atomic mass is 10.2. The van der Waals surface area contributed by atoms with Crippen LogP contribution in [-0.4, -0.2) is 53.5 Å². The number of rotatable bonds is 6. The van der Waals surface area contributed by atoms with E-state index in [2.05, 4.69) is 41.2 Å². The number of amides is 2. The second kappa shape index (κ2) is 8.12. The van der Waals surface area contributed by atoms with Gasteiger partial charge < -0.3 is 15.2 Å². The van der Waals surface area contributed by atoms with E-state index in [0.717, 1.165) is 10.6 Å². The molecule has 13 heteroatoms. The molecule has 0 fully saturated rings. The maximum atomic E-state index is 12.3. The molecule has 0 radical (unpaired) electrons. The smallest absolute Gasteiger partial charge is 0.251 e. The molecular formula is C17H17N9O2S2.